The van der Waals surface area contributed by atoms with Crippen molar-refractivity contribution in [1.29, 1.82) is 0 Å². The molecule has 0 saturated heterocycles. The lowest BCUT2D eigenvalue weighted by molar-refractivity contribution is -0.519. The molecule has 0 saturated carbocycles. The number of fused-ring (bicyclic) bond motifs is 2. The molecule has 3 heteroatoms. The van der Waals surface area contributed by atoms with E-state index in [0.29, 0.717) is 0 Å². The first-order valence-electron chi connectivity index (χ1n) is 13.7. The molecule has 36 heavy (non-hydrogen) atoms. The summed E-state index contributed by atoms with van der Waals surface area (Å²) in [6, 6.07) is 17.7. The molecule has 3 nitrogen and oxygen atoms in total. The third kappa shape index (κ3) is 4.23. The smallest absolute Gasteiger partial charge is 0.201 e. The standard InChI is InChI=1S/C33H44N3/c1-9-34(10-2)25(24-31-33(7,8)27-20-14-16-22-29(27)36(31)12-4)18-17-23-30-32(5,6)26-19-13-15-21-28(26)35(30)11-3/h13-24H,9-12H2,1-8H3/q+1. The first-order chi connectivity index (χ1) is 17.2. The van der Waals surface area contributed by atoms with Crippen molar-refractivity contribution in [2.45, 2.75) is 66.2 Å². The van der Waals surface area contributed by atoms with Crippen molar-refractivity contribution in [2.24, 2.45) is 0 Å². The molecule has 0 radical (unpaired) electrons. The molecule has 0 amide bonds. The molecule has 0 spiro atoms. The van der Waals surface area contributed by atoms with E-state index in [1.165, 1.54) is 39.6 Å². The highest BCUT2D eigenvalue weighted by molar-refractivity contribution is 6.02. The Morgan fingerprint density at radius 3 is 1.69 bits per heavy atom. The van der Waals surface area contributed by atoms with Gasteiger partial charge in [0.2, 0.25) is 5.71 Å². The van der Waals surface area contributed by atoms with Crippen LogP contribution in [0.3, 0.4) is 0 Å². The maximum absolute atomic E-state index is 2.49. The Balaban J connectivity index is 1.77. The highest BCUT2D eigenvalue weighted by atomic mass is 15.2. The Labute approximate surface area is 219 Å². The molecule has 2 heterocycles. The number of hydrogen-bond acceptors (Lipinski definition) is 2. The number of rotatable bonds is 7. The van der Waals surface area contributed by atoms with E-state index in [1.807, 2.05) is 0 Å². The number of nitrogens with zero attached hydrogens (tertiary/aromatic N) is 3. The van der Waals surface area contributed by atoms with Crippen LogP contribution in [0.25, 0.3) is 0 Å². The maximum atomic E-state index is 2.49. The molecular weight excluding hydrogens is 438 g/mol. The molecule has 2 aliphatic heterocycles. The van der Waals surface area contributed by atoms with Gasteiger partial charge in [-0.15, -0.1) is 0 Å². The van der Waals surface area contributed by atoms with Gasteiger partial charge in [-0.3, -0.25) is 0 Å². The van der Waals surface area contributed by atoms with Crippen molar-refractivity contribution in [3.05, 3.63) is 95.4 Å². The molecule has 2 aromatic carbocycles. The van der Waals surface area contributed by atoms with Gasteiger partial charge in [-0.05, 0) is 57.0 Å². The highest BCUT2D eigenvalue weighted by Crippen LogP contribution is 2.48. The van der Waals surface area contributed by atoms with Gasteiger partial charge in [0.15, 0.2) is 0 Å². The molecule has 0 atom stereocenters. The van der Waals surface area contributed by atoms with Crippen LogP contribution in [0.1, 0.15) is 66.5 Å². The van der Waals surface area contributed by atoms with Crippen molar-refractivity contribution in [1.82, 2.24) is 0 Å². The zero-order chi connectivity index (χ0) is 26.1. The van der Waals surface area contributed by atoms with E-state index in [2.05, 4.69) is 143 Å². The van der Waals surface area contributed by atoms with Gasteiger partial charge in [0, 0.05) is 58.8 Å². The van der Waals surface area contributed by atoms with Gasteiger partial charge in [0.1, 0.15) is 13.1 Å². The molecule has 0 aliphatic carbocycles. The van der Waals surface area contributed by atoms with Gasteiger partial charge >= 0.3 is 0 Å². The zero-order valence-corrected chi connectivity index (χ0v) is 23.6. The lowest BCUT2D eigenvalue weighted by Crippen LogP contribution is -2.28. The van der Waals surface area contributed by atoms with E-state index in [9.17, 15) is 0 Å². The van der Waals surface area contributed by atoms with E-state index in [0.717, 1.165) is 26.2 Å². The van der Waals surface area contributed by atoms with Crippen molar-refractivity contribution < 1.29 is 4.58 Å². The fraction of sp³-hybridized carbons (Fsp3) is 0.424. The van der Waals surface area contributed by atoms with Crippen molar-refractivity contribution in [2.75, 3.05) is 36.0 Å². The minimum Gasteiger partial charge on any atom is -0.344 e. The van der Waals surface area contributed by atoms with Crippen LogP contribution in [0.15, 0.2) is 84.2 Å². The largest absolute Gasteiger partial charge is 0.344 e. The van der Waals surface area contributed by atoms with Crippen molar-refractivity contribution in [3.8, 4) is 0 Å². The second-order valence-corrected chi connectivity index (χ2v) is 10.8. The lowest BCUT2D eigenvalue weighted by Gasteiger charge is -2.26. The van der Waals surface area contributed by atoms with Crippen LogP contribution < -0.4 is 9.80 Å². The van der Waals surface area contributed by atoms with Crippen LogP contribution in [0, 0.1) is 0 Å². The second kappa shape index (κ2) is 10.1. The van der Waals surface area contributed by atoms with E-state index in [-0.39, 0.29) is 10.8 Å². The topological polar surface area (TPSA) is 9.49 Å². The van der Waals surface area contributed by atoms with Gasteiger partial charge in [0.05, 0.1) is 0 Å². The normalized spacial score (nSPS) is 19.9. The summed E-state index contributed by atoms with van der Waals surface area (Å²) >= 11 is 0. The van der Waals surface area contributed by atoms with Gasteiger partial charge in [-0.2, -0.15) is 0 Å². The second-order valence-electron chi connectivity index (χ2n) is 10.8. The molecule has 0 N–H and O–H groups in total. The van der Waals surface area contributed by atoms with E-state index >= 15 is 0 Å². The number of likely N-dealkylation sites (N-methyl/N-ethyl adjacent to an activating group) is 2. The predicted octanol–water partition coefficient (Wildman–Crippen LogP) is 7.44. The average Bonchev–Trinajstić information content (AvgIpc) is 3.23. The summed E-state index contributed by atoms with van der Waals surface area (Å²) in [6.45, 7) is 22.3. The summed E-state index contributed by atoms with van der Waals surface area (Å²) in [5, 5.41) is 0. The third-order valence-electron chi connectivity index (χ3n) is 8.17. The van der Waals surface area contributed by atoms with Crippen LogP contribution in [0.4, 0.5) is 11.4 Å². The number of benzene rings is 2. The predicted molar refractivity (Wildman–Crippen MR) is 157 cm³/mol. The SMILES string of the molecule is CCN1C(=CC(/C=C/C=C2/N(CC)c3ccccc3C2(C)C)=[N+](CC)CC)C(C)(C)c2ccccc21. The van der Waals surface area contributed by atoms with Gasteiger partial charge in [-0.25, -0.2) is 4.58 Å². The van der Waals surface area contributed by atoms with Crippen molar-refractivity contribution >= 4 is 17.1 Å². The van der Waals surface area contributed by atoms with E-state index in [1.54, 1.807) is 0 Å². The van der Waals surface area contributed by atoms with Gasteiger partial charge in [0.25, 0.3) is 0 Å². The quantitative estimate of drug-likeness (QED) is 0.300. The van der Waals surface area contributed by atoms with Crippen LogP contribution in [0.2, 0.25) is 0 Å². The van der Waals surface area contributed by atoms with Crippen molar-refractivity contribution in [3.63, 3.8) is 0 Å². The van der Waals surface area contributed by atoms with Gasteiger partial charge in [-0.1, -0.05) is 70.2 Å². The Kier molecular flexibility index (Phi) is 7.31. The molecule has 2 aliphatic rings. The first kappa shape index (κ1) is 26.0. The average molecular weight is 483 g/mol. The highest BCUT2D eigenvalue weighted by Gasteiger charge is 2.40. The molecule has 0 aromatic heterocycles. The lowest BCUT2D eigenvalue weighted by atomic mass is 9.83. The number of para-hydroxylation sites is 2. The fourth-order valence-electron chi connectivity index (χ4n) is 6.13. The summed E-state index contributed by atoms with van der Waals surface area (Å²) < 4.78 is 2.46. The Morgan fingerprint density at radius 2 is 1.19 bits per heavy atom. The molecule has 0 unspecified atom stereocenters. The van der Waals surface area contributed by atoms with Crippen LogP contribution in [-0.2, 0) is 10.8 Å². The summed E-state index contributed by atoms with van der Waals surface area (Å²) in [5.41, 5.74) is 9.44. The molecule has 0 fully saturated rings. The number of anilines is 2. The van der Waals surface area contributed by atoms with Gasteiger partial charge < -0.3 is 9.80 Å². The minimum atomic E-state index is -0.0363. The Morgan fingerprint density at radius 1 is 0.722 bits per heavy atom. The first-order valence-corrected chi connectivity index (χ1v) is 13.7. The minimum absolute atomic E-state index is 0.0150. The molecule has 2 aromatic rings. The molecular formula is C33H44N3+. The maximum Gasteiger partial charge on any atom is 0.201 e. The monoisotopic (exact) mass is 482 g/mol. The summed E-state index contributed by atoms with van der Waals surface area (Å²) in [6.07, 6.45) is 9.34. The van der Waals surface area contributed by atoms with Crippen LogP contribution in [0.5, 0.6) is 0 Å². The van der Waals surface area contributed by atoms with Crippen LogP contribution in [-0.4, -0.2) is 36.5 Å². The summed E-state index contributed by atoms with van der Waals surface area (Å²) in [4.78, 5) is 4.95. The van der Waals surface area contributed by atoms with E-state index in [4.69, 9.17) is 0 Å². The molecule has 0 bridgehead atoms. The molecule has 190 valence electrons. The third-order valence-corrected chi connectivity index (χ3v) is 8.17. The number of allylic oxidation sites excluding steroid dienone is 6. The van der Waals surface area contributed by atoms with Crippen LogP contribution >= 0.6 is 0 Å². The summed E-state index contributed by atoms with van der Waals surface area (Å²) in [7, 11) is 0. The summed E-state index contributed by atoms with van der Waals surface area (Å²) in [5.74, 6) is 0. The molecule has 4 rings (SSSR count). The Bertz CT molecular complexity index is 1230. The zero-order valence-electron chi connectivity index (χ0n) is 23.6. The number of hydrogen-bond donors (Lipinski definition) is 0. The van der Waals surface area contributed by atoms with E-state index < -0.39 is 0 Å². The Hall–Kier alpha value is -3.07. The fourth-order valence-corrected chi connectivity index (χ4v) is 6.13.